The monoisotopic (exact) mass is 382 g/mol. The number of carbonyl (C=O) groups is 2. The lowest BCUT2D eigenvalue weighted by molar-refractivity contribution is -0.119. The van der Waals surface area contributed by atoms with Gasteiger partial charge in [-0.15, -0.1) is 0 Å². The van der Waals surface area contributed by atoms with Gasteiger partial charge in [0.25, 0.3) is 5.91 Å². The lowest BCUT2D eigenvalue weighted by Crippen LogP contribution is -2.29. The summed E-state index contributed by atoms with van der Waals surface area (Å²) in [5.74, 6) is 0.924. The van der Waals surface area contributed by atoms with E-state index < -0.39 is 0 Å². The number of benzene rings is 2. The van der Waals surface area contributed by atoms with Crippen molar-refractivity contribution in [2.75, 3.05) is 23.8 Å². The standard InChI is InChI=1S/C20H15ClN2O4/c21-12-1-2-17-10(4-12)3-11(8-26-17)13-6-19(24)22-15-7-18-16(5-14(13)15)23-20(25)9-27-18/h1-5,7,13H,6,8-9H2,(H,22,24)(H,23,25)/t13-/m0/s1. The summed E-state index contributed by atoms with van der Waals surface area (Å²) < 4.78 is 11.3. The first kappa shape index (κ1) is 16.2. The van der Waals surface area contributed by atoms with Gasteiger partial charge >= 0.3 is 0 Å². The van der Waals surface area contributed by atoms with Gasteiger partial charge in [0, 0.05) is 34.7 Å². The fraction of sp³-hybridized carbons (Fsp3) is 0.200. The molecule has 5 rings (SSSR count). The Hall–Kier alpha value is -2.99. The number of nitrogens with one attached hydrogen (secondary N) is 2. The van der Waals surface area contributed by atoms with E-state index in [-0.39, 0.29) is 24.3 Å². The minimum absolute atomic E-state index is 0.0281. The zero-order chi connectivity index (χ0) is 18.5. The predicted molar refractivity (Wildman–Crippen MR) is 101 cm³/mol. The number of halogens is 1. The van der Waals surface area contributed by atoms with Gasteiger partial charge in [0.1, 0.15) is 18.1 Å². The highest BCUT2D eigenvalue weighted by molar-refractivity contribution is 6.30. The lowest BCUT2D eigenvalue weighted by Gasteiger charge is -2.31. The Morgan fingerprint density at radius 2 is 1.74 bits per heavy atom. The van der Waals surface area contributed by atoms with E-state index in [1.807, 2.05) is 24.3 Å². The molecule has 2 amide bonds. The quantitative estimate of drug-likeness (QED) is 0.790. The minimum atomic E-state index is -0.192. The van der Waals surface area contributed by atoms with Crippen molar-refractivity contribution in [2.24, 2.45) is 0 Å². The van der Waals surface area contributed by atoms with Gasteiger partial charge in [0.15, 0.2) is 6.61 Å². The van der Waals surface area contributed by atoms with Crippen LogP contribution in [0.2, 0.25) is 5.02 Å². The van der Waals surface area contributed by atoms with E-state index in [4.69, 9.17) is 21.1 Å². The largest absolute Gasteiger partial charge is 0.489 e. The second kappa shape index (κ2) is 6.03. The molecule has 2 aromatic carbocycles. The van der Waals surface area contributed by atoms with Gasteiger partial charge in [-0.25, -0.2) is 0 Å². The maximum Gasteiger partial charge on any atom is 0.262 e. The Bertz CT molecular complexity index is 1030. The molecule has 0 aromatic heterocycles. The molecule has 0 saturated heterocycles. The zero-order valence-electron chi connectivity index (χ0n) is 14.2. The molecular weight excluding hydrogens is 368 g/mol. The Kier molecular flexibility index (Phi) is 3.62. The topological polar surface area (TPSA) is 76.7 Å². The van der Waals surface area contributed by atoms with Crippen molar-refractivity contribution < 1.29 is 19.1 Å². The van der Waals surface area contributed by atoms with Crippen molar-refractivity contribution in [1.29, 1.82) is 0 Å². The Balaban J connectivity index is 1.59. The third kappa shape index (κ3) is 2.82. The van der Waals surface area contributed by atoms with Crippen LogP contribution in [0.5, 0.6) is 11.5 Å². The summed E-state index contributed by atoms with van der Waals surface area (Å²) in [5.41, 5.74) is 4.13. The van der Waals surface area contributed by atoms with E-state index >= 15 is 0 Å². The van der Waals surface area contributed by atoms with E-state index in [1.54, 1.807) is 12.1 Å². The molecular formula is C20H15ClN2O4. The van der Waals surface area contributed by atoms with Crippen molar-refractivity contribution in [3.8, 4) is 11.5 Å². The van der Waals surface area contributed by atoms with Gasteiger partial charge in [-0.2, -0.15) is 0 Å². The van der Waals surface area contributed by atoms with Gasteiger partial charge in [-0.3, -0.25) is 9.59 Å². The van der Waals surface area contributed by atoms with Crippen LogP contribution >= 0.6 is 11.6 Å². The predicted octanol–water partition coefficient (Wildman–Crippen LogP) is 3.57. The van der Waals surface area contributed by atoms with Crippen molar-refractivity contribution in [3.05, 3.63) is 52.1 Å². The van der Waals surface area contributed by atoms with Crippen molar-refractivity contribution >= 4 is 40.9 Å². The van der Waals surface area contributed by atoms with E-state index in [0.717, 1.165) is 22.4 Å². The molecule has 6 nitrogen and oxygen atoms in total. The third-order valence-electron chi connectivity index (χ3n) is 4.98. The number of hydrogen-bond donors (Lipinski definition) is 2. The van der Waals surface area contributed by atoms with Gasteiger partial charge in [-0.1, -0.05) is 11.6 Å². The molecule has 0 unspecified atom stereocenters. The van der Waals surface area contributed by atoms with Crippen LogP contribution < -0.4 is 20.1 Å². The summed E-state index contributed by atoms with van der Waals surface area (Å²) in [6.45, 7) is 0.367. The number of amides is 2. The molecule has 0 fully saturated rings. The van der Waals surface area contributed by atoms with E-state index in [9.17, 15) is 9.59 Å². The SMILES string of the molecule is O=C1COc2cc3c(cc2N1)[C@H](C1=Cc2cc(Cl)ccc2OC1)CC(=O)N3. The summed E-state index contributed by atoms with van der Waals surface area (Å²) in [6.07, 6.45) is 2.35. The molecule has 0 aliphatic carbocycles. The van der Waals surface area contributed by atoms with Crippen molar-refractivity contribution in [1.82, 2.24) is 0 Å². The first-order valence-corrected chi connectivity index (χ1v) is 8.98. The van der Waals surface area contributed by atoms with Crippen molar-refractivity contribution in [3.63, 3.8) is 0 Å². The second-order valence-electron chi connectivity index (χ2n) is 6.77. The summed E-state index contributed by atoms with van der Waals surface area (Å²) in [6, 6.07) is 9.12. The normalized spacial score (nSPS) is 20.0. The number of rotatable bonds is 1. The van der Waals surface area contributed by atoms with E-state index in [1.165, 1.54) is 0 Å². The first-order chi connectivity index (χ1) is 13.1. The van der Waals surface area contributed by atoms with Gasteiger partial charge in [0.05, 0.1) is 5.69 Å². The number of fused-ring (bicyclic) bond motifs is 3. The second-order valence-corrected chi connectivity index (χ2v) is 7.20. The molecule has 3 heterocycles. The van der Waals surface area contributed by atoms with Crippen molar-refractivity contribution in [2.45, 2.75) is 12.3 Å². The fourth-order valence-corrected chi connectivity index (χ4v) is 3.91. The average molecular weight is 383 g/mol. The van der Waals surface area contributed by atoms with Crippen LogP contribution in [0.25, 0.3) is 6.08 Å². The van der Waals surface area contributed by atoms with Crippen LogP contribution in [-0.4, -0.2) is 25.0 Å². The van der Waals surface area contributed by atoms with E-state index in [2.05, 4.69) is 10.6 Å². The highest BCUT2D eigenvalue weighted by atomic mass is 35.5. The summed E-state index contributed by atoms with van der Waals surface area (Å²) in [4.78, 5) is 23.9. The maximum atomic E-state index is 12.3. The summed E-state index contributed by atoms with van der Waals surface area (Å²) in [5, 5.41) is 6.35. The molecule has 0 spiro atoms. The fourth-order valence-electron chi connectivity index (χ4n) is 3.73. The number of carbonyl (C=O) groups excluding carboxylic acids is 2. The number of hydrogen-bond acceptors (Lipinski definition) is 4. The molecule has 2 N–H and O–H groups in total. The minimum Gasteiger partial charge on any atom is -0.489 e. The van der Waals surface area contributed by atoms with Crippen LogP contribution in [0.4, 0.5) is 11.4 Å². The lowest BCUT2D eigenvalue weighted by atomic mass is 9.83. The molecule has 0 radical (unpaired) electrons. The Labute approximate surface area is 160 Å². The molecule has 3 aliphatic rings. The molecule has 0 saturated carbocycles. The maximum absolute atomic E-state index is 12.3. The van der Waals surface area contributed by atoms with Gasteiger partial charge < -0.3 is 20.1 Å². The Morgan fingerprint density at radius 1 is 0.926 bits per heavy atom. The highest BCUT2D eigenvalue weighted by Gasteiger charge is 2.32. The third-order valence-corrected chi connectivity index (χ3v) is 5.21. The molecule has 136 valence electrons. The van der Waals surface area contributed by atoms with Gasteiger partial charge in [0.2, 0.25) is 5.91 Å². The first-order valence-electron chi connectivity index (χ1n) is 8.60. The Morgan fingerprint density at radius 3 is 2.63 bits per heavy atom. The molecule has 7 heteroatoms. The summed E-state index contributed by atoms with van der Waals surface area (Å²) in [7, 11) is 0. The van der Waals surface area contributed by atoms with Crippen LogP contribution in [0.1, 0.15) is 23.5 Å². The van der Waals surface area contributed by atoms with Crippen LogP contribution in [0.3, 0.4) is 0 Å². The smallest absolute Gasteiger partial charge is 0.262 e. The van der Waals surface area contributed by atoms with Crippen LogP contribution in [-0.2, 0) is 9.59 Å². The molecule has 27 heavy (non-hydrogen) atoms. The van der Waals surface area contributed by atoms with Gasteiger partial charge in [-0.05, 0) is 41.5 Å². The molecule has 2 aromatic rings. The number of anilines is 2. The molecule has 3 aliphatic heterocycles. The number of ether oxygens (including phenoxy) is 2. The summed E-state index contributed by atoms with van der Waals surface area (Å²) >= 11 is 6.10. The molecule has 1 atom stereocenters. The van der Waals surface area contributed by atoms with Crippen LogP contribution in [0, 0.1) is 0 Å². The van der Waals surface area contributed by atoms with Crippen LogP contribution in [0.15, 0.2) is 35.9 Å². The average Bonchev–Trinajstić information content (AvgIpc) is 2.65. The zero-order valence-corrected chi connectivity index (χ0v) is 14.9. The highest BCUT2D eigenvalue weighted by Crippen LogP contribution is 2.45. The van der Waals surface area contributed by atoms with E-state index in [0.29, 0.717) is 35.2 Å². The molecule has 0 bridgehead atoms.